The van der Waals surface area contributed by atoms with Crippen LogP contribution < -0.4 is 10.1 Å². The number of benzene rings is 3. The largest absolute Gasteiger partial charge is 0.489 e. The van der Waals surface area contributed by atoms with Crippen LogP contribution in [0, 0.1) is 0 Å². The Bertz CT molecular complexity index is 1130. The quantitative estimate of drug-likeness (QED) is 0.292. The minimum atomic E-state index is -0.645. The molecule has 0 heterocycles. The van der Waals surface area contributed by atoms with E-state index in [9.17, 15) is 9.59 Å². The van der Waals surface area contributed by atoms with E-state index in [4.69, 9.17) is 44.3 Å². The van der Waals surface area contributed by atoms with E-state index in [2.05, 4.69) is 5.32 Å². The number of carbonyl (C=O) groups excluding carboxylic acids is 2. The molecule has 0 aromatic heterocycles. The highest BCUT2D eigenvalue weighted by Gasteiger charge is 2.07. The van der Waals surface area contributed by atoms with Crippen molar-refractivity contribution in [3.05, 3.63) is 99.0 Å². The van der Waals surface area contributed by atoms with Gasteiger partial charge in [0.15, 0.2) is 6.61 Å². The Kier molecular flexibility index (Phi) is 8.56. The van der Waals surface area contributed by atoms with Crippen LogP contribution in [0.15, 0.2) is 72.8 Å². The Labute approximate surface area is 200 Å². The first-order chi connectivity index (χ1) is 15.4. The Morgan fingerprint density at radius 2 is 1.62 bits per heavy atom. The summed E-state index contributed by atoms with van der Waals surface area (Å²) in [4.78, 5) is 23.8. The Hall–Kier alpha value is -2.99. The van der Waals surface area contributed by atoms with Crippen molar-refractivity contribution in [2.24, 2.45) is 0 Å². The van der Waals surface area contributed by atoms with Gasteiger partial charge in [0.25, 0.3) is 5.91 Å². The van der Waals surface area contributed by atoms with Crippen LogP contribution in [-0.2, 0) is 20.9 Å². The maximum atomic E-state index is 11.9. The predicted octanol–water partition coefficient (Wildman–Crippen LogP) is 6.42. The highest BCUT2D eigenvalue weighted by molar-refractivity contribution is 6.42. The molecule has 0 aliphatic heterocycles. The molecular weight excluding hydrogens is 473 g/mol. The third-order valence-corrected chi connectivity index (χ3v) is 5.30. The smallest absolute Gasteiger partial charge is 0.331 e. The molecule has 1 N–H and O–H groups in total. The first-order valence-electron chi connectivity index (χ1n) is 9.47. The number of ether oxygens (including phenoxy) is 2. The van der Waals surface area contributed by atoms with E-state index in [-0.39, 0.29) is 0 Å². The molecule has 0 aliphatic rings. The summed E-state index contributed by atoms with van der Waals surface area (Å²) in [7, 11) is 0. The molecule has 0 saturated heterocycles. The lowest BCUT2D eigenvalue weighted by atomic mass is 10.2. The highest BCUT2D eigenvalue weighted by Crippen LogP contribution is 2.25. The van der Waals surface area contributed by atoms with E-state index in [1.165, 1.54) is 12.1 Å². The van der Waals surface area contributed by atoms with Gasteiger partial charge in [0.05, 0.1) is 10.0 Å². The maximum absolute atomic E-state index is 11.9. The van der Waals surface area contributed by atoms with E-state index in [0.29, 0.717) is 33.1 Å². The number of hydrogen-bond donors (Lipinski definition) is 1. The number of esters is 1. The van der Waals surface area contributed by atoms with Crippen LogP contribution >= 0.6 is 34.8 Å². The molecule has 0 bridgehead atoms. The van der Waals surface area contributed by atoms with Crippen molar-refractivity contribution in [1.82, 2.24) is 0 Å². The zero-order chi connectivity index (χ0) is 22.9. The topological polar surface area (TPSA) is 64.6 Å². The maximum Gasteiger partial charge on any atom is 0.331 e. The van der Waals surface area contributed by atoms with E-state index in [0.717, 1.165) is 11.1 Å². The summed E-state index contributed by atoms with van der Waals surface area (Å²) in [5, 5.41) is 3.90. The van der Waals surface area contributed by atoms with Crippen molar-refractivity contribution in [2.75, 3.05) is 11.9 Å². The molecule has 0 fully saturated rings. The fourth-order valence-corrected chi connectivity index (χ4v) is 3.06. The van der Waals surface area contributed by atoms with Crippen LogP contribution in [0.3, 0.4) is 0 Å². The predicted molar refractivity (Wildman–Crippen MR) is 127 cm³/mol. The fourth-order valence-electron chi connectivity index (χ4n) is 2.57. The third kappa shape index (κ3) is 7.31. The third-order valence-electron chi connectivity index (χ3n) is 4.19. The minimum absolute atomic E-state index is 0.310. The highest BCUT2D eigenvalue weighted by atomic mass is 35.5. The van der Waals surface area contributed by atoms with Crippen LogP contribution in [0.25, 0.3) is 6.08 Å². The van der Waals surface area contributed by atoms with Crippen LogP contribution in [0.4, 0.5) is 5.69 Å². The fraction of sp³-hybridized carbons (Fsp3) is 0.0833. The standard InChI is InChI=1S/C24H18Cl3NO4/c25-20-4-2-1-3-17(20)14-31-19-9-5-16(6-10-19)7-12-24(30)32-15-23(29)28-18-8-11-21(26)22(27)13-18/h1-13H,14-15H2,(H,28,29). The van der Waals surface area contributed by atoms with Gasteiger partial charge in [-0.2, -0.15) is 0 Å². The average molecular weight is 491 g/mol. The van der Waals surface area contributed by atoms with Gasteiger partial charge in [0.2, 0.25) is 0 Å². The summed E-state index contributed by atoms with van der Waals surface area (Å²) in [6, 6.07) is 19.3. The molecule has 3 rings (SSSR count). The minimum Gasteiger partial charge on any atom is -0.489 e. The number of anilines is 1. The number of amides is 1. The van der Waals surface area contributed by atoms with E-state index in [1.54, 1.807) is 42.5 Å². The number of carbonyl (C=O) groups is 2. The summed E-state index contributed by atoms with van der Waals surface area (Å²) in [6.07, 6.45) is 2.82. The molecule has 3 aromatic rings. The molecule has 0 radical (unpaired) electrons. The van der Waals surface area contributed by atoms with Gasteiger partial charge in [0, 0.05) is 22.3 Å². The summed E-state index contributed by atoms with van der Waals surface area (Å²) in [5.41, 5.74) is 2.12. The summed E-state index contributed by atoms with van der Waals surface area (Å²) in [6.45, 7) is -0.0796. The number of hydrogen-bond acceptors (Lipinski definition) is 4. The number of nitrogens with one attached hydrogen (secondary N) is 1. The monoisotopic (exact) mass is 489 g/mol. The number of rotatable bonds is 8. The van der Waals surface area contributed by atoms with Crippen LogP contribution in [-0.4, -0.2) is 18.5 Å². The molecule has 5 nitrogen and oxygen atoms in total. The molecule has 32 heavy (non-hydrogen) atoms. The molecule has 8 heteroatoms. The SMILES string of the molecule is O=C(COC(=O)C=Cc1ccc(OCc2ccccc2Cl)cc1)Nc1ccc(Cl)c(Cl)c1. The first-order valence-corrected chi connectivity index (χ1v) is 10.6. The van der Waals surface area contributed by atoms with Crippen LogP contribution in [0.2, 0.25) is 15.1 Å². The normalized spacial score (nSPS) is 10.7. The summed E-state index contributed by atoms with van der Waals surface area (Å²) >= 11 is 17.8. The van der Waals surface area contributed by atoms with Gasteiger partial charge in [-0.05, 0) is 48.0 Å². The molecule has 0 spiro atoms. The van der Waals surface area contributed by atoms with Crippen molar-refractivity contribution in [3.63, 3.8) is 0 Å². The van der Waals surface area contributed by atoms with E-state index < -0.39 is 18.5 Å². The molecule has 3 aromatic carbocycles. The molecule has 0 unspecified atom stereocenters. The van der Waals surface area contributed by atoms with Crippen molar-refractivity contribution < 1.29 is 19.1 Å². The van der Waals surface area contributed by atoms with Crippen LogP contribution in [0.1, 0.15) is 11.1 Å². The Morgan fingerprint density at radius 3 is 2.34 bits per heavy atom. The van der Waals surface area contributed by atoms with Gasteiger partial charge in [-0.3, -0.25) is 4.79 Å². The molecule has 164 valence electrons. The summed E-state index contributed by atoms with van der Waals surface area (Å²) < 4.78 is 10.7. The molecule has 0 atom stereocenters. The van der Waals surface area contributed by atoms with Gasteiger partial charge >= 0.3 is 5.97 Å². The van der Waals surface area contributed by atoms with Gasteiger partial charge in [0.1, 0.15) is 12.4 Å². The van der Waals surface area contributed by atoms with Crippen molar-refractivity contribution >= 4 is 58.4 Å². The van der Waals surface area contributed by atoms with E-state index in [1.807, 2.05) is 24.3 Å². The first kappa shape index (κ1) is 23.7. The Morgan fingerprint density at radius 1 is 0.875 bits per heavy atom. The lowest BCUT2D eigenvalue weighted by molar-refractivity contribution is -0.142. The average Bonchev–Trinajstić information content (AvgIpc) is 2.79. The second kappa shape index (κ2) is 11.6. The molecule has 0 aliphatic carbocycles. The lowest BCUT2D eigenvalue weighted by Gasteiger charge is -2.08. The molecule has 0 saturated carbocycles. The van der Waals surface area contributed by atoms with Gasteiger partial charge in [-0.1, -0.05) is 65.1 Å². The van der Waals surface area contributed by atoms with Crippen molar-refractivity contribution in [1.29, 1.82) is 0 Å². The second-order valence-electron chi connectivity index (χ2n) is 6.57. The van der Waals surface area contributed by atoms with Crippen molar-refractivity contribution in [3.8, 4) is 5.75 Å². The zero-order valence-electron chi connectivity index (χ0n) is 16.7. The molecule has 1 amide bonds. The van der Waals surface area contributed by atoms with Gasteiger partial charge < -0.3 is 14.8 Å². The molecular formula is C24H18Cl3NO4. The summed E-state index contributed by atoms with van der Waals surface area (Å²) in [5.74, 6) is -0.470. The van der Waals surface area contributed by atoms with Gasteiger partial charge in [-0.15, -0.1) is 0 Å². The van der Waals surface area contributed by atoms with Gasteiger partial charge in [-0.25, -0.2) is 4.79 Å². The van der Waals surface area contributed by atoms with Crippen molar-refractivity contribution in [2.45, 2.75) is 6.61 Å². The Balaban J connectivity index is 1.44. The zero-order valence-corrected chi connectivity index (χ0v) is 19.0. The van der Waals surface area contributed by atoms with Crippen LogP contribution in [0.5, 0.6) is 5.75 Å². The second-order valence-corrected chi connectivity index (χ2v) is 7.79. The lowest BCUT2D eigenvalue weighted by Crippen LogP contribution is -2.20. The number of halogens is 3. The van der Waals surface area contributed by atoms with E-state index >= 15 is 0 Å².